The molecule has 0 aliphatic heterocycles. The van der Waals surface area contributed by atoms with E-state index in [4.69, 9.17) is 39.5 Å². The summed E-state index contributed by atoms with van der Waals surface area (Å²) in [5.41, 5.74) is -1.75. The number of nitrogens with one attached hydrogen (secondary N) is 1. The zero-order valence-electron chi connectivity index (χ0n) is 13.2. The molecule has 3 aromatic rings. The molecule has 3 rings (SSSR count). The second kappa shape index (κ2) is 7.06. The van der Waals surface area contributed by atoms with Crippen LogP contribution in [-0.4, -0.2) is 27.6 Å². The van der Waals surface area contributed by atoms with E-state index in [2.05, 4.69) is 15.4 Å². The van der Waals surface area contributed by atoms with Crippen molar-refractivity contribution in [3.05, 3.63) is 50.9 Å². The van der Waals surface area contributed by atoms with E-state index < -0.39 is 22.8 Å². The molecule has 0 aliphatic carbocycles. The first kappa shape index (κ1) is 19.5. The molecule has 142 valence electrons. The fourth-order valence-electron chi connectivity index (χ4n) is 2.33. The Balaban J connectivity index is 2.17. The monoisotopic (exact) mass is 438 g/mol. The van der Waals surface area contributed by atoms with E-state index in [1.165, 1.54) is 31.6 Å². The molecule has 6 nitrogen and oxygen atoms in total. The average Bonchev–Trinajstić information content (AvgIpc) is 2.95. The van der Waals surface area contributed by atoms with Crippen molar-refractivity contribution in [3.63, 3.8) is 0 Å². The number of hydrogen-bond acceptors (Lipinski definition) is 4. The number of carbonyl (C=O) groups is 1. The van der Waals surface area contributed by atoms with Gasteiger partial charge in [0.05, 0.1) is 33.4 Å². The Labute approximate surface area is 164 Å². The molecule has 0 aromatic carbocycles. The number of alkyl halides is 3. The van der Waals surface area contributed by atoms with Crippen LogP contribution in [0.1, 0.15) is 16.1 Å². The van der Waals surface area contributed by atoms with Crippen molar-refractivity contribution in [2.24, 2.45) is 0 Å². The van der Waals surface area contributed by atoms with E-state index in [9.17, 15) is 18.0 Å². The minimum absolute atomic E-state index is 0.0427. The van der Waals surface area contributed by atoms with Gasteiger partial charge in [-0.3, -0.25) is 9.78 Å². The van der Waals surface area contributed by atoms with Crippen molar-refractivity contribution in [2.75, 3.05) is 12.4 Å². The van der Waals surface area contributed by atoms with Crippen molar-refractivity contribution >= 4 is 51.9 Å². The second-order valence-electron chi connectivity index (χ2n) is 5.14. The van der Waals surface area contributed by atoms with Gasteiger partial charge in [-0.2, -0.15) is 22.8 Å². The van der Waals surface area contributed by atoms with Crippen LogP contribution in [0.4, 0.5) is 18.9 Å². The van der Waals surface area contributed by atoms with Crippen molar-refractivity contribution in [2.45, 2.75) is 6.18 Å². The Morgan fingerprint density at radius 2 is 1.81 bits per heavy atom. The van der Waals surface area contributed by atoms with Gasteiger partial charge in [0.25, 0.3) is 5.91 Å². The molecule has 27 heavy (non-hydrogen) atoms. The van der Waals surface area contributed by atoms with Crippen molar-refractivity contribution in [1.82, 2.24) is 14.6 Å². The van der Waals surface area contributed by atoms with Crippen LogP contribution in [0.2, 0.25) is 15.1 Å². The molecule has 1 N–H and O–H groups in total. The number of hydrogen-bond donors (Lipinski definition) is 1. The third-order valence-corrected chi connectivity index (χ3v) is 4.43. The van der Waals surface area contributed by atoms with Gasteiger partial charge in [0.2, 0.25) is 5.88 Å². The van der Waals surface area contributed by atoms with Gasteiger partial charge in [-0.1, -0.05) is 34.8 Å². The van der Waals surface area contributed by atoms with Crippen LogP contribution in [0.15, 0.2) is 24.5 Å². The first-order valence-electron chi connectivity index (χ1n) is 7.08. The summed E-state index contributed by atoms with van der Waals surface area (Å²) in [6, 6.07) is 2.53. The number of methoxy groups -OCH3 is 1. The third-order valence-electron chi connectivity index (χ3n) is 3.50. The molecule has 0 saturated heterocycles. The number of aromatic nitrogens is 3. The van der Waals surface area contributed by atoms with E-state index in [1.807, 2.05) is 0 Å². The quantitative estimate of drug-likeness (QED) is 0.626. The van der Waals surface area contributed by atoms with E-state index in [0.29, 0.717) is 0 Å². The van der Waals surface area contributed by atoms with Gasteiger partial charge in [-0.05, 0) is 6.07 Å². The normalized spacial score (nSPS) is 11.7. The highest BCUT2D eigenvalue weighted by Gasteiger charge is 2.39. The molecule has 0 atom stereocenters. The predicted octanol–water partition coefficient (Wildman–Crippen LogP) is 4.97. The lowest BCUT2D eigenvalue weighted by atomic mass is 10.2. The van der Waals surface area contributed by atoms with Gasteiger partial charge in [0, 0.05) is 18.5 Å². The summed E-state index contributed by atoms with van der Waals surface area (Å²) in [5.74, 6) is -0.841. The topological polar surface area (TPSA) is 68.5 Å². The van der Waals surface area contributed by atoms with Gasteiger partial charge < -0.3 is 10.1 Å². The summed E-state index contributed by atoms with van der Waals surface area (Å²) in [6.07, 6.45) is -2.32. The van der Waals surface area contributed by atoms with Gasteiger partial charge >= 0.3 is 6.18 Å². The highest BCUT2D eigenvalue weighted by molar-refractivity contribution is 6.40. The van der Waals surface area contributed by atoms with Crippen LogP contribution in [0.3, 0.4) is 0 Å². The Morgan fingerprint density at radius 1 is 1.19 bits per heavy atom. The summed E-state index contributed by atoms with van der Waals surface area (Å²) in [6.45, 7) is 0. The number of amides is 1. The number of fused-ring (bicyclic) bond motifs is 1. The molecule has 0 spiro atoms. The van der Waals surface area contributed by atoms with Crippen LogP contribution in [0.25, 0.3) is 5.52 Å². The van der Waals surface area contributed by atoms with Gasteiger partial charge in [-0.15, -0.1) is 0 Å². The molecule has 3 aromatic heterocycles. The first-order chi connectivity index (χ1) is 12.6. The number of carbonyl (C=O) groups excluding carboxylic acids is 1. The van der Waals surface area contributed by atoms with Crippen LogP contribution in [0.5, 0.6) is 5.88 Å². The molecule has 1 amide bonds. The molecule has 12 heteroatoms. The maximum Gasteiger partial charge on any atom is 0.436 e. The average molecular weight is 440 g/mol. The lowest BCUT2D eigenvalue weighted by Gasteiger charge is -2.11. The maximum atomic E-state index is 13.2. The summed E-state index contributed by atoms with van der Waals surface area (Å²) >= 11 is 17.8. The lowest BCUT2D eigenvalue weighted by Crippen LogP contribution is -2.14. The summed E-state index contributed by atoms with van der Waals surface area (Å²) in [7, 11) is 1.24. The number of nitrogens with zero attached hydrogens (tertiary/aromatic N) is 3. The second-order valence-corrected chi connectivity index (χ2v) is 6.33. The van der Waals surface area contributed by atoms with Crippen LogP contribution in [0, 0.1) is 0 Å². The highest BCUT2D eigenvalue weighted by Crippen LogP contribution is 2.38. The highest BCUT2D eigenvalue weighted by atomic mass is 35.5. The molecule has 3 heterocycles. The number of pyridine rings is 2. The van der Waals surface area contributed by atoms with Crippen molar-refractivity contribution in [1.29, 1.82) is 0 Å². The molecule has 0 aliphatic rings. The molecule has 0 fully saturated rings. The van der Waals surface area contributed by atoms with E-state index >= 15 is 0 Å². The van der Waals surface area contributed by atoms with Gasteiger partial charge in [-0.25, -0.2) is 0 Å². The van der Waals surface area contributed by atoms with Crippen LogP contribution < -0.4 is 10.1 Å². The summed E-state index contributed by atoms with van der Waals surface area (Å²) < 4.78 is 45.3. The fourth-order valence-corrected chi connectivity index (χ4v) is 3.11. The van der Waals surface area contributed by atoms with Crippen molar-refractivity contribution < 1.29 is 22.7 Å². The number of ether oxygens (including phenoxy) is 1. The molecule has 0 unspecified atom stereocenters. The first-order valence-corrected chi connectivity index (χ1v) is 8.21. The predicted molar refractivity (Wildman–Crippen MR) is 94.0 cm³/mol. The minimum Gasteiger partial charge on any atom is -0.481 e. The minimum atomic E-state index is -4.82. The standard InChI is InChI=1S/C15H8Cl3F3N4O2/c1-27-9-3-2-6(12-10(18)13(15(19,20)21)24-25(9)12)14(26)23-11-7(16)4-22-5-8(11)17/h2-5H,1H3,(H,22,23,26). The third kappa shape index (κ3) is 3.50. The van der Waals surface area contributed by atoms with Crippen molar-refractivity contribution in [3.8, 4) is 5.88 Å². The molecular weight excluding hydrogens is 432 g/mol. The summed E-state index contributed by atoms with van der Waals surface area (Å²) in [4.78, 5) is 16.4. The number of halogens is 6. The largest absolute Gasteiger partial charge is 0.481 e. The zero-order chi connectivity index (χ0) is 19.9. The molecule has 0 bridgehead atoms. The fraction of sp³-hybridized carbons (Fsp3) is 0.133. The van der Waals surface area contributed by atoms with Crippen LogP contribution >= 0.6 is 34.8 Å². The number of rotatable bonds is 3. The smallest absolute Gasteiger partial charge is 0.436 e. The van der Waals surface area contributed by atoms with Gasteiger partial charge in [0.15, 0.2) is 5.69 Å². The molecule has 0 saturated carbocycles. The zero-order valence-corrected chi connectivity index (χ0v) is 15.5. The Bertz CT molecular complexity index is 1030. The van der Waals surface area contributed by atoms with Crippen LogP contribution in [-0.2, 0) is 6.18 Å². The lowest BCUT2D eigenvalue weighted by molar-refractivity contribution is -0.141. The molecule has 0 radical (unpaired) electrons. The van der Waals surface area contributed by atoms with E-state index in [1.54, 1.807) is 0 Å². The Kier molecular flexibility index (Phi) is 5.11. The van der Waals surface area contributed by atoms with E-state index in [-0.39, 0.29) is 32.7 Å². The Hall–Kier alpha value is -2.23. The Morgan fingerprint density at radius 3 is 2.37 bits per heavy atom. The maximum absolute atomic E-state index is 13.2. The number of anilines is 1. The SMILES string of the molecule is COc1ccc(C(=O)Nc2c(Cl)cncc2Cl)c2c(Cl)c(C(F)(F)F)nn12. The summed E-state index contributed by atoms with van der Waals surface area (Å²) in [5, 5.41) is 5.23. The van der Waals surface area contributed by atoms with E-state index in [0.717, 1.165) is 4.52 Å². The molecular formula is C15H8Cl3F3N4O2. The van der Waals surface area contributed by atoms with Gasteiger partial charge in [0.1, 0.15) is 5.52 Å².